The highest BCUT2D eigenvalue weighted by atomic mass is 35.5. The lowest BCUT2D eigenvalue weighted by atomic mass is 10.2. The van der Waals surface area contributed by atoms with E-state index < -0.39 is 22.6 Å². The number of carbonyl (C=O) groups is 1. The maximum Gasteiger partial charge on any atom is 0.341 e. The summed E-state index contributed by atoms with van der Waals surface area (Å²) in [5.74, 6) is -0.0151. The second-order valence-electron chi connectivity index (χ2n) is 9.23. The first-order valence-corrected chi connectivity index (χ1v) is 16.4. The Morgan fingerprint density at radius 3 is 2.71 bits per heavy atom. The van der Waals surface area contributed by atoms with E-state index in [1.165, 1.54) is 27.4 Å². The average molecular weight is 631 g/mol. The predicted octanol–water partition coefficient (Wildman–Crippen LogP) is 6.25. The van der Waals surface area contributed by atoms with Crippen LogP contribution in [-0.2, 0) is 14.8 Å². The van der Waals surface area contributed by atoms with Gasteiger partial charge in [0, 0.05) is 38.8 Å². The molecule has 0 fully saturated rings. The van der Waals surface area contributed by atoms with Crippen molar-refractivity contribution >= 4 is 71.8 Å². The number of fused-ring (bicyclic) bond motifs is 2. The molecule has 0 amide bonds. The zero-order valence-electron chi connectivity index (χ0n) is 22.3. The van der Waals surface area contributed by atoms with Gasteiger partial charge in [-0.2, -0.15) is 4.31 Å². The van der Waals surface area contributed by atoms with Gasteiger partial charge in [0.15, 0.2) is 10.8 Å². The Bertz CT molecular complexity index is 1840. The third-order valence-electron chi connectivity index (χ3n) is 6.31. The molecule has 9 nitrogen and oxygen atoms in total. The summed E-state index contributed by atoms with van der Waals surface area (Å²) < 4.78 is 37.9. The van der Waals surface area contributed by atoms with E-state index in [0.29, 0.717) is 58.1 Å². The van der Waals surface area contributed by atoms with E-state index in [9.17, 15) is 13.2 Å². The maximum absolute atomic E-state index is 14.3. The van der Waals surface area contributed by atoms with Gasteiger partial charge in [-0.25, -0.2) is 17.9 Å². The van der Waals surface area contributed by atoms with Crippen LogP contribution in [0.5, 0.6) is 5.75 Å². The number of rotatable bonds is 12. The molecule has 0 aliphatic rings. The summed E-state index contributed by atoms with van der Waals surface area (Å²) in [5.41, 5.74) is 2.62. The van der Waals surface area contributed by atoms with Crippen molar-refractivity contribution in [3.8, 4) is 11.4 Å². The largest absolute Gasteiger partial charge is 0.482 e. The summed E-state index contributed by atoms with van der Waals surface area (Å²) in [4.78, 5) is 11.7. The van der Waals surface area contributed by atoms with Gasteiger partial charge in [-0.05, 0) is 67.4 Å². The molecule has 0 spiro atoms. The number of hydrogen-bond donors (Lipinski definition) is 1. The number of carboxylic acids is 1. The van der Waals surface area contributed by atoms with Crippen LogP contribution in [0.25, 0.3) is 26.8 Å². The first kappa shape index (κ1) is 29.3. The molecule has 0 saturated carbocycles. The predicted molar refractivity (Wildman–Crippen MR) is 163 cm³/mol. The minimum Gasteiger partial charge on any atom is -0.482 e. The molecule has 0 bridgehead atoms. The van der Waals surface area contributed by atoms with E-state index in [1.807, 2.05) is 56.3 Å². The van der Waals surface area contributed by atoms with Crippen molar-refractivity contribution in [3.05, 3.63) is 71.2 Å². The van der Waals surface area contributed by atoms with Gasteiger partial charge in [-0.15, -0.1) is 28.2 Å². The monoisotopic (exact) mass is 630 g/mol. The molecule has 0 unspecified atom stereocenters. The molecule has 1 N–H and O–H groups in total. The van der Waals surface area contributed by atoms with Crippen LogP contribution in [0, 0.1) is 6.92 Å². The maximum atomic E-state index is 14.3. The number of benzene rings is 3. The average Bonchev–Trinajstić information content (AvgIpc) is 3.53. The molecular weight excluding hydrogens is 604 g/mol. The Labute approximate surface area is 250 Å². The molecule has 2 heterocycles. The van der Waals surface area contributed by atoms with Crippen LogP contribution in [0.15, 0.2) is 69.8 Å². The number of halogens is 1. The molecule has 2 aromatic heterocycles. The van der Waals surface area contributed by atoms with Crippen molar-refractivity contribution in [1.82, 2.24) is 19.3 Å². The Morgan fingerprint density at radius 2 is 1.95 bits per heavy atom. The van der Waals surface area contributed by atoms with Crippen molar-refractivity contribution in [2.45, 2.75) is 29.4 Å². The SMILES string of the molecule is CCCN(CCSc1ccc(OCC(=O)O)c(C)c1)S(=O)(=O)c1sc2ccc(Cl)cc2c1-n1nnc2ccccc21. The number of ether oxygens (including phenoxy) is 1. The van der Waals surface area contributed by atoms with Gasteiger partial charge < -0.3 is 9.84 Å². The van der Waals surface area contributed by atoms with E-state index in [2.05, 4.69) is 10.3 Å². The first-order chi connectivity index (χ1) is 19.7. The Morgan fingerprint density at radius 1 is 1.15 bits per heavy atom. The van der Waals surface area contributed by atoms with Crippen molar-refractivity contribution < 1.29 is 23.1 Å². The Kier molecular flexibility index (Phi) is 8.85. The van der Waals surface area contributed by atoms with Gasteiger partial charge in [0.1, 0.15) is 17.0 Å². The quantitative estimate of drug-likeness (QED) is 0.161. The minimum atomic E-state index is -3.92. The molecule has 5 aromatic rings. The fourth-order valence-electron chi connectivity index (χ4n) is 4.44. The van der Waals surface area contributed by atoms with Crippen molar-refractivity contribution in [3.63, 3.8) is 0 Å². The lowest BCUT2D eigenvalue weighted by Crippen LogP contribution is -2.34. The molecule has 5 rings (SSSR count). The standard InChI is InChI=1S/C28H27ClN4O5S3/c1-3-12-32(13-14-39-20-9-10-24(18(2)15-20)38-17-26(34)35)41(36,37)28-27(21-16-19(29)8-11-25(21)40-28)33-23-7-5-4-6-22(23)30-31-33/h4-11,15-16H,3,12-14,17H2,1-2H3,(H,34,35). The summed E-state index contributed by atoms with van der Waals surface area (Å²) in [6.07, 6.45) is 0.650. The van der Waals surface area contributed by atoms with Crippen molar-refractivity contribution in [1.29, 1.82) is 0 Å². The van der Waals surface area contributed by atoms with Crippen LogP contribution >= 0.6 is 34.7 Å². The number of aromatic nitrogens is 3. The fourth-order valence-corrected chi connectivity index (χ4v) is 9.03. The fraction of sp³-hybridized carbons (Fsp3) is 0.250. The number of para-hydroxylation sites is 1. The molecule has 13 heteroatoms. The molecule has 0 atom stereocenters. The van der Waals surface area contributed by atoms with Gasteiger partial charge in [-0.3, -0.25) is 0 Å². The van der Waals surface area contributed by atoms with Gasteiger partial charge >= 0.3 is 5.97 Å². The second kappa shape index (κ2) is 12.4. The molecular formula is C28H27ClN4O5S3. The number of thiophene rings is 1. The summed E-state index contributed by atoms with van der Waals surface area (Å²) in [6.45, 7) is 4.04. The first-order valence-electron chi connectivity index (χ1n) is 12.8. The normalized spacial score (nSPS) is 12.0. The van der Waals surface area contributed by atoms with E-state index in [4.69, 9.17) is 21.4 Å². The van der Waals surface area contributed by atoms with Crippen molar-refractivity contribution in [2.24, 2.45) is 0 Å². The summed E-state index contributed by atoms with van der Waals surface area (Å²) >= 11 is 9.07. The third kappa shape index (κ3) is 6.21. The number of carboxylic acid groups (broad SMARTS) is 1. The summed E-state index contributed by atoms with van der Waals surface area (Å²) in [7, 11) is -3.92. The topological polar surface area (TPSA) is 115 Å². The smallest absolute Gasteiger partial charge is 0.341 e. The van der Waals surface area contributed by atoms with E-state index >= 15 is 0 Å². The van der Waals surface area contributed by atoms with E-state index in [-0.39, 0.29) is 4.21 Å². The van der Waals surface area contributed by atoms with Crippen LogP contribution in [0.2, 0.25) is 5.02 Å². The number of hydrogen-bond acceptors (Lipinski definition) is 8. The molecule has 0 aliphatic heterocycles. The van der Waals surface area contributed by atoms with Gasteiger partial charge in [0.2, 0.25) is 0 Å². The van der Waals surface area contributed by atoms with Crippen LogP contribution in [-0.4, -0.2) is 64.2 Å². The zero-order chi connectivity index (χ0) is 29.1. The molecule has 0 aliphatic carbocycles. The highest BCUT2D eigenvalue weighted by molar-refractivity contribution is 7.99. The third-order valence-corrected chi connectivity index (χ3v) is 11.1. The van der Waals surface area contributed by atoms with Gasteiger partial charge in [-0.1, -0.05) is 35.9 Å². The number of nitrogens with zero attached hydrogens (tertiary/aromatic N) is 4. The lowest BCUT2D eigenvalue weighted by Gasteiger charge is -2.21. The molecule has 41 heavy (non-hydrogen) atoms. The molecule has 214 valence electrons. The lowest BCUT2D eigenvalue weighted by molar-refractivity contribution is -0.139. The van der Waals surface area contributed by atoms with Crippen LogP contribution in [0.4, 0.5) is 0 Å². The van der Waals surface area contributed by atoms with E-state index in [1.54, 1.807) is 22.9 Å². The summed E-state index contributed by atoms with van der Waals surface area (Å²) in [6, 6.07) is 18.3. The molecule has 0 radical (unpaired) electrons. The number of aliphatic carboxylic acids is 1. The second-order valence-corrected chi connectivity index (χ2v) is 14.0. The highest BCUT2D eigenvalue weighted by Crippen LogP contribution is 2.41. The van der Waals surface area contributed by atoms with Gasteiger partial charge in [0.05, 0.1) is 5.52 Å². The van der Waals surface area contributed by atoms with E-state index in [0.717, 1.165) is 15.2 Å². The molecule has 3 aromatic carbocycles. The highest BCUT2D eigenvalue weighted by Gasteiger charge is 2.32. The van der Waals surface area contributed by atoms with Crippen molar-refractivity contribution in [2.75, 3.05) is 25.4 Å². The molecule has 0 saturated heterocycles. The Balaban J connectivity index is 1.45. The number of thioether (sulfide) groups is 1. The van der Waals surface area contributed by atoms with Gasteiger partial charge in [0.25, 0.3) is 10.0 Å². The van der Waals surface area contributed by atoms with Crippen LogP contribution in [0.3, 0.4) is 0 Å². The minimum absolute atomic E-state index is 0.194. The number of aryl methyl sites for hydroxylation is 1. The Hall–Kier alpha value is -3.16. The van der Waals surface area contributed by atoms with Crippen LogP contribution < -0.4 is 4.74 Å². The van der Waals surface area contributed by atoms with Crippen LogP contribution in [0.1, 0.15) is 18.9 Å². The zero-order valence-corrected chi connectivity index (χ0v) is 25.5. The summed E-state index contributed by atoms with van der Waals surface area (Å²) in [5, 5.41) is 18.7. The number of sulfonamides is 1.